The minimum absolute atomic E-state index is 0. The summed E-state index contributed by atoms with van der Waals surface area (Å²) >= 11 is 0. The summed E-state index contributed by atoms with van der Waals surface area (Å²) < 4.78 is 0. The lowest BCUT2D eigenvalue weighted by atomic mass is 9.99. The van der Waals surface area contributed by atoms with Gasteiger partial charge in [0.2, 0.25) is 5.91 Å². The van der Waals surface area contributed by atoms with E-state index in [1.54, 1.807) is 7.05 Å². The van der Waals surface area contributed by atoms with E-state index in [2.05, 4.69) is 10.6 Å². The van der Waals surface area contributed by atoms with Crippen molar-refractivity contribution in [1.29, 1.82) is 0 Å². The molecule has 0 aromatic heterocycles. The van der Waals surface area contributed by atoms with Crippen LogP contribution in [-0.4, -0.2) is 26.0 Å². The number of rotatable bonds is 2. The Morgan fingerprint density at radius 1 is 1.70 bits per heavy atom. The highest BCUT2D eigenvalue weighted by Crippen LogP contribution is 2.06. The minimum Gasteiger partial charge on any atom is -0.359 e. The maximum atomic E-state index is 10.7. The lowest BCUT2D eigenvalue weighted by Gasteiger charge is -2.25. The summed E-state index contributed by atoms with van der Waals surface area (Å²) in [6.45, 7) is 2.01. The van der Waals surface area contributed by atoms with Crippen LogP contribution in [0.4, 0.5) is 0 Å². The molecule has 60 valence electrons. The maximum absolute atomic E-state index is 10.7. The molecule has 0 spiro atoms. The summed E-state index contributed by atoms with van der Waals surface area (Å²) in [5, 5.41) is 5.71. The van der Waals surface area contributed by atoms with Crippen LogP contribution < -0.4 is 10.6 Å². The molecule has 1 amide bonds. The quantitative estimate of drug-likeness (QED) is 0.592. The molecule has 1 saturated heterocycles. The van der Waals surface area contributed by atoms with E-state index < -0.39 is 0 Å². The standard InChI is InChI=1S/C6H12N2O.ClH/c1-7-6(9)2-5-3-8-4-5;/h5,8H,2-4H2,1H3,(H,7,9);1H. The van der Waals surface area contributed by atoms with Gasteiger partial charge in [-0.15, -0.1) is 12.4 Å². The van der Waals surface area contributed by atoms with Crippen molar-refractivity contribution in [1.82, 2.24) is 10.6 Å². The zero-order valence-corrected chi connectivity index (χ0v) is 6.83. The molecule has 0 atom stereocenters. The van der Waals surface area contributed by atoms with Crippen LogP contribution in [0.15, 0.2) is 0 Å². The predicted molar refractivity (Wildman–Crippen MR) is 42.3 cm³/mol. The third-order valence-corrected chi connectivity index (χ3v) is 1.62. The Kier molecular flexibility index (Phi) is 4.40. The van der Waals surface area contributed by atoms with Gasteiger partial charge in [-0.05, 0) is 19.0 Å². The van der Waals surface area contributed by atoms with E-state index in [9.17, 15) is 4.79 Å². The largest absolute Gasteiger partial charge is 0.359 e. The number of nitrogens with one attached hydrogen (secondary N) is 2. The van der Waals surface area contributed by atoms with Crippen molar-refractivity contribution in [3.8, 4) is 0 Å². The summed E-state index contributed by atoms with van der Waals surface area (Å²) in [6.07, 6.45) is 0.684. The fraction of sp³-hybridized carbons (Fsp3) is 0.833. The summed E-state index contributed by atoms with van der Waals surface area (Å²) in [6, 6.07) is 0. The van der Waals surface area contributed by atoms with E-state index in [4.69, 9.17) is 0 Å². The van der Waals surface area contributed by atoms with Crippen molar-refractivity contribution in [3.63, 3.8) is 0 Å². The van der Waals surface area contributed by atoms with Crippen LogP contribution in [0.5, 0.6) is 0 Å². The first-order chi connectivity index (χ1) is 4.33. The van der Waals surface area contributed by atoms with E-state index in [-0.39, 0.29) is 18.3 Å². The van der Waals surface area contributed by atoms with Crippen molar-refractivity contribution >= 4 is 18.3 Å². The van der Waals surface area contributed by atoms with Crippen LogP contribution in [0.3, 0.4) is 0 Å². The highest BCUT2D eigenvalue weighted by Gasteiger charge is 2.18. The van der Waals surface area contributed by atoms with Crippen molar-refractivity contribution in [2.75, 3.05) is 20.1 Å². The number of carbonyl (C=O) groups excluding carboxylic acids is 1. The van der Waals surface area contributed by atoms with Crippen molar-refractivity contribution in [2.24, 2.45) is 5.92 Å². The summed E-state index contributed by atoms with van der Waals surface area (Å²) in [5.74, 6) is 0.742. The smallest absolute Gasteiger partial charge is 0.220 e. The van der Waals surface area contributed by atoms with Gasteiger partial charge in [-0.1, -0.05) is 0 Å². The van der Waals surface area contributed by atoms with Crippen molar-refractivity contribution < 1.29 is 4.79 Å². The Hall–Kier alpha value is -0.280. The SMILES string of the molecule is CNC(=O)CC1CNC1.Cl. The molecule has 0 aromatic rings. The number of halogens is 1. The molecule has 1 heterocycles. The Morgan fingerprint density at radius 3 is 2.60 bits per heavy atom. The summed E-state index contributed by atoms with van der Waals surface area (Å²) in [5.41, 5.74) is 0. The van der Waals surface area contributed by atoms with Crippen molar-refractivity contribution in [3.05, 3.63) is 0 Å². The molecule has 2 N–H and O–H groups in total. The Morgan fingerprint density at radius 2 is 2.30 bits per heavy atom. The van der Waals surface area contributed by atoms with Crippen LogP contribution in [0.25, 0.3) is 0 Å². The van der Waals surface area contributed by atoms with Crippen LogP contribution in [0, 0.1) is 5.92 Å². The number of hydrogen-bond donors (Lipinski definition) is 2. The van der Waals surface area contributed by atoms with Gasteiger partial charge in [0.1, 0.15) is 0 Å². The van der Waals surface area contributed by atoms with E-state index in [1.165, 1.54) is 0 Å². The molecular formula is C6H13ClN2O. The highest BCUT2D eigenvalue weighted by atomic mass is 35.5. The molecule has 1 aliphatic heterocycles. The Balaban J connectivity index is 0.000000810. The second kappa shape index (κ2) is 4.52. The van der Waals surface area contributed by atoms with Gasteiger partial charge in [-0.25, -0.2) is 0 Å². The van der Waals surface area contributed by atoms with Crippen LogP contribution in [0.1, 0.15) is 6.42 Å². The van der Waals surface area contributed by atoms with Gasteiger partial charge in [0.05, 0.1) is 0 Å². The molecule has 0 aliphatic carbocycles. The van der Waals surface area contributed by atoms with Crippen LogP contribution in [-0.2, 0) is 4.79 Å². The molecule has 0 radical (unpaired) electrons. The molecule has 4 heteroatoms. The molecule has 0 aromatic carbocycles. The monoisotopic (exact) mass is 164 g/mol. The fourth-order valence-corrected chi connectivity index (χ4v) is 0.857. The maximum Gasteiger partial charge on any atom is 0.220 e. The average molecular weight is 165 g/mol. The van der Waals surface area contributed by atoms with E-state index in [0.717, 1.165) is 13.1 Å². The van der Waals surface area contributed by atoms with Gasteiger partial charge in [0.25, 0.3) is 0 Å². The average Bonchev–Trinajstić information content (AvgIpc) is 1.78. The van der Waals surface area contributed by atoms with E-state index in [0.29, 0.717) is 12.3 Å². The molecule has 3 nitrogen and oxygen atoms in total. The van der Waals surface area contributed by atoms with Gasteiger partial charge < -0.3 is 10.6 Å². The van der Waals surface area contributed by atoms with Crippen LogP contribution >= 0.6 is 12.4 Å². The van der Waals surface area contributed by atoms with Gasteiger partial charge >= 0.3 is 0 Å². The van der Waals surface area contributed by atoms with Crippen LogP contribution in [0.2, 0.25) is 0 Å². The minimum atomic E-state index is 0. The summed E-state index contributed by atoms with van der Waals surface area (Å²) in [4.78, 5) is 10.7. The third-order valence-electron chi connectivity index (χ3n) is 1.62. The predicted octanol–water partition coefficient (Wildman–Crippen LogP) is -0.236. The number of amides is 1. The molecule has 0 bridgehead atoms. The molecule has 0 saturated carbocycles. The number of carbonyl (C=O) groups is 1. The molecule has 1 fully saturated rings. The molecule has 1 rings (SSSR count). The van der Waals surface area contributed by atoms with E-state index in [1.807, 2.05) is 0 Å². The zero-order valence-electron chi connectivity index (χ0n) is 6.02. The van der Waals surface area contributed by atoms with Gasteiger partial charge in [0.15, 0.2) is 0 Å². The lowest BCUT2D eigenvalue weighted by Crippen LogP contribution is -2.44. The molecule has 10 heavy (non-hydrogen) atoms. The first-order valence-corrected chi connectivity index (χ1v) is 3.24. The first kappa shape index (κ1) is 9.72. The third kappa shape index (κ3) is 2.54. The van der Waals surface area contributed by atoms with Crippen molar-refractivity contribution in [2.45, 2.75) is 6.42 Å². The highest BCUT2D eigenvalue weighted by molar-refractivity contribution is 5.85. The molecular weight excluding hydrogens is 152 g/mol. The molecule has 0 unspecified atom stereocenters. The summed E-state index contributed by atoms with van der Waals surface area (Å²) in [7, 11) is 1.68. The topological polar surface area (TPSA) is 41.1 Å². The second-order valence-corrected chi connectivity index (χ2v) is 2.40. The fourth-order valence-electron chi connectivity index (χ4n) is 0.857. The Labute approximate surface area is 67.0 Å². The van der Waals surface area contributed by atoms with Gasteiger partial charge in [0, 0.05) is 13.5 Å². The zero-order chi connectivity index (χ0) is 6.69. The van der Waals surface area contributed by atoms with Gasteiger partial charge in [-0.2, -0.15) is 0 Å². The second-order valence-electron chi connectivity index (χ2n) is 2.40. The number of hydrogen-bond acceptors (Lipinski definition) is 2. The van der Waals surface area contributed by atoms with Gasteiger partial charge in [-0.3, -0.25) is 4.79 Å². The Bertz CT molecular complexity index is 114. The first-order valence-electron chi connectivity index (χ1n) is 3.24. The molecule has 1 aliphatic rings. The van der Waals surface area contributed by atoms with E-state index >= 15 is 0 Å². The normalized spacial score (nSPS) is 16.9. The lowest BCUT2D eigenvalue weighted by molar-refractivity contribution is -0.121.